The molecule has 0 spiro atoms. The Balaban J connectivity index is 1.74. The zero-order valence-electron chi connectivity index (χ0n) is 19.3. The fourth-order valence-electron chi connectivity index (χ4n) is 4.63. The second-order valence-electron chi connectivity index (χ2n) is 8.74. The minimum absolute atomic E-state index is 0.0575. The van der Waals surface area contributed by atoms with Gasteiger partial charge in [-0.25, -0.2) is 4.79 Å². The summed E-state index contributed by atoms with van der Waals surface area (Å²) in [7, 11) is 1.91. The first-order chi connectivity index (χ1) is 16.4. The number of ether oxygens (including phenoxy) is 2. The number of nitrogens with zero attached hydrogens (tertiary/aromatic N) is 3. The lowest BCUT2D eigenvalue weighted by Gasteiger charge is -2.56. The van der Waals surface area contributed by atoms with E-state index < -0.39 is 23.3 Å². The van der Waals surface area contributed by atoms with E-state index in [-0.39, 0.29) is 24.1 Å². The zero-order chi connectivity index (χ0) is 25.4. The summed E-state index contributed by atoms with van der Waals surface area (Å²) in [6, 6.07) is 11.9. The molecule has 1 unspecified atom stereocenters. The Labute approximate surface area is 199 Å². The topological polar surface area (TPSA) is 97.9 Å². The highest BCUT2D eigenvalue weighted by molar-refractivity contribution is 5.85. The van der Waals surface area contributed by atoms with Crippen molar-refractivity contribution < 1.29 is 37.1 Å². The third-order valence-corrected chi connectivity index (χ3v) is 6.03. The number of likely N-dealkylation sites (tertiary alicyclic amines) is 1. The SMILES string of the molecule is CCOC(=O)c1noc(-c2cccc(C(O)(c3ccc(OC(F)(F)F)cc3)C3(C)CN(C)C3)c2)n1. The molecule has 0 bridgehead atoms. The average Bonchev–Trinajstić information content (AvgIpc) is 3.28. The number of esters is 1. The molecule has 35 heavy (non-hydrogen) atoms. The molecule has 2 aromatic carbocycles. The van der Waals surface area contributed by atoms with Crippen LogP contribution in [0.15, 0.2) is 53.1 Å². The van der Waals surface area contributed by atoms with Crippen molar-refractivity contribution in [1.29, 1.82) is 0 Å². The van der Waals surface area contributed by atoms with Crippen molar-refractivity contribution in [3.8, 4) is 17.2 Å². The summed E-state index contributed by atoms with van der Waals surface area (Å²) >= 11 is 0. The number of aromatic nitrogens is 2. The fraction of sp³-hybridized carbons (Fsp3) is 0.375. The maximum Gasteiger partial charge on any atom is 0.573 e. The molecule has 3 aromatic rings. The highest BCUT2D eigenvalue weighted by Gasteiger charge is 2.55. The third kappa shape index (κ3) is 4.73. The van der Waals surface area contributed by atoms with Crippen LogP contribution in [0.1, 0.15) is 35.6 Å². The molecular formula is C24H24F3N3O5. The first-order valence-electron chi connectivity index (χ1n) is 10.8. The van der Waals surface area contributed by atoms with Gasteiger partial charge in [0.15, 0.2) is 0 Å². The lowest BCUT2D eigenvalue weighted by atomic mass is 9.62. The van der Waals surface area contributed by atoms with Crippen LogP contribution in [-0.4, -0.2) is 59.2 Å². The number of carbonyl (C=O) groups excluding carboxylic acids is 1. The van der Waals surface area contributed by atoms with E-state index in [2.05, 4.69) is 14.9 Å². The number of rotatable bonds is 7. The van der Waals surface area contributed by atoms with E-state index in [9.17, 15) is 23.1 Å². The molecule has 11 heteroatoms. The van der Waals surface area contributed by atoms with E-state index in [1.165, 1.54) is 24.3 Å². The molecule has 8 nitrogen and oxygen atoms in total. The third-order valence-electron chi connectivity index (χ3n) is 6.03. The van der Waals surface area contributed by atoms with Crippen molar-refractivity contribution >= 4 is 5.97 Å². The minimum Gasteiger partial charge on any atom is -0.460 e. The summed E-state index contributed by atoms with van der Waals surface area (Å²) in [5.74, 6) is -1.27. The van der Waals surface area contributed by atoms with Crippen LogP contribution in [0.3, 0.4) is 0 Å². The van der Waals surface area contributed by atoms with E-state index in [1.807, 2.05) is 18.9 Å². The number of hydrogen-bond donors (Lipinski definition) is 1. The van der Waals surface area contributed by atoms with Crippen LogP contribution in [0.2, 0.25) is 0 Å². The van der Waals surface area contributed by atoms with Gasteiger partial charge >= 0.3 is 12.3 Å². The second-order valence-corrected chi connectivity index (χ2v) is 8.74. The van der Waals surface area contributed by atoms with Gasteiger partial charge in [-0.2, -0.15) is 4.98 Å². The van der Waals surface area contributed by atoms with Gasteiger partial charge in [-0.1, -0.05) is 31.2 Å². The summed E-state index contributed by atoms with van der Waals surface area (Å²) in [5.41, 5.74) is -0.894. The summed E-state index contributed by atoms with van der Waals surface area (Å²) in [5, 5.41) is 15.8. The van der Waals surface area contributed by atoms with E-state index in [0.29, 0.717) is 29.8 Å². The Bertz CT molecular complexity index is 1210. The predicted molar refractivity (Wildman–Crippen MR) is 117 cm³/mol. The average molecular weight is 491 g/mol. The van der Waals surface area contributed by atoms with Gasteiger partial charge < -0.3 is 24.0 Å². The standard InChI is InChI=1S/C24H24F3N3O5/c1-4-33-21(31)19-28-20(35-29-19)15-6-5-7-17(12-15)23(32,22(2)13-30(3)14-22)16-8-10-18(11-9-16)34-24(25,26)27/h5-12,32H,4,13-14H2,1-3H3. The summed E-state index contributed by atoms with van der Waals surface area (Å²) < 4.78 is 51.9. The molecule has 4 rings (SSSR count). The molecule has 1 aliphatic heterocycles. The molecule has 1 atom stereocenters. The maximum absolute atomic E-state index is 12.6. The lowest BCUT2D eigenvalue weighted by Crippen LogP contribution is -2.63. The molecule has 2 heterocycles. The zero-order valence-corrected chi connectivity index (χ0v) is 19.3. The molecular weight excluding hydrogens is 467 g/mol. The van der Waals surface area contributed by atoms with Crippen LogP contribution in [0.5, 0.6) is 5.75 Å². The van der Waals surface area contributed by atoms with E-state index in [0.717, 1.165) is 0 Å². The highest BCUT2D eigenvalue weighted by atomic mass is 19.4. The van der Waals surface area contributed by atoms with Gasteiger partial charge in [-0.05, 0) is 54.5 Å². The highest BCUT2D eigenvalue weighted by Crippen LogP contribution is 2.50. The van der Waals surface area contributed by atoms with Crippen molar-refractivity contribution in [3.05, 3.63) is 65.5 Å². The van der Waals surface area contributed by atoms with Gasteiger partial charge in [0, 0.05) is 24.1 Å². The first kappa shape index (κ1) is 24.7. The number of halogens is 3. The Hall–Kier alpha value is -3.44. The first-order valence-corrected chi connectivity index (χ1v) is 10.8. The number of benzene rings is 2. The Morgan fingerprint density at radius 3 is 2.46 bits per heavy atom. The monoisotopic (exact) mass is 491 g/mol. The van der Waals surface area contributed by atoms with Crippen molar-refractivity contribution in [1.82, 2.24) is 15.0 Å². The molecule has 0 aliphatic carbocycles. The van der Waals surface area contributed by atoms with Gasteiger partial charge in [0.2, 0.25) is 0 Å². The summed E-state index contributed by atoms with van der Waals surface area (Å²) in [6.45, 7) is 4.81. The molecule has 0 amide bonds. The van der Waals surface area contributed by atoms with E-state index in [1.54, 1.807) is 31.2 Å². The molecule has 0 radical (unpaired) electrons. The molecule has 1 saturated heterocycles. The molecule has 1 fully saturated rings. The van der Waals surface area contributed by atoms with Gasteiger partial charge in [-0.15, -0.1) is 13.2 Å². The Morgan fingerprint density at radius 2 is 1.86 bits per heavy atom. The number of alkyl halides is 3. The molecule has 1 N–H and O–H groups in total. The lowest BCUT2D eigenvalue weighted by molar-refractivity contribution is -0.274. The predicted octanol–water partition coefficient (Wildman–Crippen LogP) is 4.00. The van der Waals surface area contributed by atoms with E-state index in [4.69, 9.17) is 9.26 Å². The van der Waals surface area contributed by atoms with Crippen molar-refractivity contribution in [2.24, 2.45) is 5.41 Å². The van der Waals surface area contributed by atoms with Crippen LogP contribution in [-0.2, 0) is 10.3 Å². The Kier molecular flexibility index (Phi) is 6.32. The number of carbonyl (C=O) groups is 1. The molecule has 1 aliphatic rings. The van der Waals surface area contributed by atoms with Gasteiger partial charge in [0.1, 0.15) is 11.4 Å². The second kappa shape index (κ2) is 8.97. The number of aliphatic hydroxyl groups is 1. The fourth-order valence-corrected chi connectivity index (χ4v) is 4.63. The largest absolute Gasteiger partial charge is 0.573 e. The van der Waals surface area contributed by atoms with Crippen molar-refractivity contribution in [3.63, 3.8) is 0 Å². The van der Waals surface area contributed by atoms with Crippen LogP contribution >= 0.6 is 0 Å². The van der Waals surface area contributed by atoms with Gasteiger partial charge in [0.05, 0.1) is 6.61 Å². The van der Waals surface area contributed by atoms with Crippen LogP contribution in [0.4, 0.5) is 13.2 Å². The Morgan fingerprint density at radius 1 is 1.17 bits per heavy atom. The van der Waals surface area contributed by atoms with Crippen molar-refractivity contribution in [2.75, 3.05) is 26.7 Å². The van der Waals surface area contributed by atoms with E-state index >= 15 is 0 Å². The normalized spacial score (nSPS) is 17.3. The molecule has 1 aromatic heterocycles. The maximum atomic E-state index is 12.6. The van der Waals surface area contributed by atoms with Crippen molar-refractivity contribution in [2.45, 2.75) is 25.8 Å². The van der Waals surface area contributed by atoms with Crippen LogP contribution in [0.25, 0.3) is 11.5 Å². The molecule has 0 saturated carbocycles. The minimum atomic E-state index is -4.82. The van der Waals surface area contributed by atoms with Crippen LogP contribution < -0.4 is 4.74 Å². The summed E-state index contributed by atoms with van der Waals surface area (Å²) in [6.07, 6.45) is -4.82. The van der Waals surface area contributed by atoms with Gasteiger partial charge in [-0.3, -0.25) is 0 Å². The quantitative estimate of drug-likeness (QED) is 0.496. The smallest absolute Gasteiger partial charge is 0.460 e. The number of hydrogen-bond acceptors (Lipinski definition) is 8. The molecule has 186 valence electrons. The summed E-state index contributed by atoms with van der Waals surface area (Å²) in [4.78, 5) is 18.0. The van der Waals surface area contributed by atoms with Gasteiger partial charge in [0.25, 0.3) is 11.7 Å². The van der Waals surface area contributed by atoms with Crippen LogP contribution in [0, 0.1) is 5.41 Å².